The van der Waals surface area contributed by atoms with E-state index < -0.39 is 5.76 Å². The molecule has 0 atom stereocenters. The van der Waals surface area contributed by atoms with Crippen LogP contribution in [0.25, 0.3) is 11.1 Å². The Bertz CT molecular complexity index is 862. The number of fused-ring (bicyclic) bond motifs is 1. The Kier molecular flexibility index (Phi) is 3.10. The van der Waals surface area contributed by atoms with E-state index in [1.807, 2.05) is 30.3 Å². The Labute approximate surface area is 121 Å². The van der Waals surface area contributed by atoms with Gasteiger partial charge in [0.15, 0.2) is 5.58 Å². The van der Waals surface area contributed by atoms with Crippen molar-refractivity contribution in [1.82, 2.24) is 4.57 Å². The number of para-hydroxylation sites is 1. The molecular formula is C16H14N2O3. The van der Waals surface area contributed by atoms with Crippen molar-refractivity contribution in [3.63, 3.8) is 0 Å². The van der Waals surface area contributed by atoms with Crippen LogP contribution in [0.5, 0.6) is 0 Å². The van der Waals surface area contributed by atoms with Crippen LogP contribution in [0.1, 0.15) is 10.4 Å². The molecule has 0 fully saturated rings. The van der Waals surface area contributed by atoms with Gasteiger partial charge in [0.05, 0.1) is 5.52 Å². The van der Waals surface area contributed by atoms with Crippen LogP contribution < -0.4 is 10.7 Å². The van der Waals surface area contributed by atoms with E-state index in [2.05, 4.69) is 0 Å². The summed E-state index contributed by atoms with van der Waals surface area (Å²) in [5.41, 5.74) is 2.36. The molecule has 1 heterocycles. The van der Waals surface area contributed by atoms with Crippen molar-refractivity contribution >= 4 is 22.7 Å². The average Bonchev–Trinajstić information content (AvgIpc) is 2.81. The zero-order valence-electron chi connectivity index (χ0n) is 11.7. The molecular weight excluding hydrogens is 268 g/mol. The molecule has 0 aliphatic heterocycles. The number of amides is 1. The molecule has 0 aliphatic carbocycles. The maximum atomic E-state index is 12.5. The van der Waals surface area contributed by atoms with Gasteiger partial charge in [0.2, 0.25) is 0 Å². The minimum atomic E-state index is -0.439. The third kappa shape index (κ3) is 2.23. The largest absolute Gasteiger partial charge is 0.419 e. The van der Waals surface area contributed by atoms with E-state index in [0.29, 0.717) is 16.7 Å². The maximum absolute atomic E-state index is 12.5. The van der Waals surface area contributed by atoms with Crippen LogP contribution in [-0.2, 0) is 7.05 Å². The highest BCUT2D eigenvalue weighted by Gasteiger charge is 2.15. The predicted molar refractivity (Wildman–Crippen MR) is 80.6 cm³/mol. The standard InChI is InChI=1S/C16H14N2O3/c1-17(12-6-4-3-5-7-12)15(19)11-8-9-13-14(10-11)21-16(20)18(13)2/h3-10H,1-2H3. The fraction of sp³-hybridized carbons (Fsp3) is 0.125. The minimum Gasteiger partial charge on any atom is -0.408 e. The van der Waals surface area contributed by atoms with E-state index >= 15 is 0 Å². The van der Waals surface area contributed by atoms with Crippen LogP contribution in [0.2, 0.25) is 0 Å². The summed E-state index contributed by atoms with van der Waals surface area (Å²) < 4.78 is 6.52. The van der Waals surface area contributed by atoms with Crippen molar-refractivity contribution in [3.8, 4) is 0 Å². The van der Waals surface area contributed by atoms with Gasteiger partial charge in [-0.3, -0.25) is 9.36 Å². The Morgan fingerprint density at radius 3 is 2.57 bits per heavy atom. The van der Waals surface area contributed by atoms with E-state index in [9.17, 15) is 9.59 Å². The zero-order valence-corrected chi connectivity index (χ0v) is 11.7. The Balaban J connectivity index is 2.00. The Morgan fingerprint density at radius 1 is 1.14 bits per heavy atom. The number of aromatic nitrogens is 1. The summed E-state index contributed by atoms with van der Waals surface area (Å²) in [6.07, 6.45) is 0. The number of benzene rings is 2. The summed E-state index contributed by atoms with van der Waals surface area (Å²) in [6.45, 7) is 0. The van der Waals surface area contributed by atoms with Crippen LogP contribution in [-0.4, -0.2) is 17.5 Å². The molecule has 106 valence electrons. The van der Waals surface area contributed by atoms with Gasteiger partial charge in [-0.15, -0.1) is 0 Å². The second-order valence-corrected chi connectivity index (χ2v) is 4.81. The molecule has 1 aromatic heterocycles. The average molecular weight is 282 g/mol. The van der Waals surface area contributed by atoms with Gasteiger partial charge in [0, 0.05) is 25.3 Å². The van der Waals surface area contributed by atoms with E-state index in [-0.39, 0.29) is 5.91 Å². The van der Waals surface area contributed by atoms with E-state index in [4.69, 9.17) is 4.42 Å². The fourth-order valence-corrected chi connectivity index (χ4v) is 2.23. The summed E-state index contributed by atoms with van der Waals surface area (Å²) in [5, 5.41) is 0. The highest BCUT2D eigenvalue weighted by Crippen LogP contribution is 2.18. The molecule has 3 rings (SSSR count). The van der Waals surface area contributed by atoms with Crippen LogP contribution in [0.15, 0.2) is 57.7 Å². The molecule has 0 N–H and O–H groups in total. The Morgan fingerprint density at radius 2 is 1.86 bits per heavy atom. The summed E-state index contributed by atoms with van der Waals surface area (Å²) in [7, 11) is 3.34. The van der Waals surface area contributed by atoms with E-state index in [1.165, 1.54) is 4.57 Å². The summed E-state index contributed by atoms with van der Waals surface area (Å²) >= 11 is 0. The minimum absolute atomic E-state index is 0.158. The highest BCUT2D eigenvalue weighted by atomic mass is 16.4. The number of carbonyl (C=O) groups excluding carboxylic acids is 1. The molecule has 0 bridgehead atoms. The number of oxazole rings is 1. The molecule has 0 saturated carbocycles. The van der Waals surface area contributed by atoms with Crippen molar-refractivity contribution in [2.75, 3.05) is 11.9 Å². The lowest BCUT2D eigenvalue weighted by Gasteiger charge is -2.17. The molecule has 0 unspecified atom stereocenters. The van der Waals surface area contributed by atoms with Crippen molar-refractivity contribution in [2.45, 2.75) is 0 Å². The number of aryl methyl sites for hydroxylation is 1. The predicted octanol–water partition coefficient (Wildman–Crippen LogP) is 2.41. The van der Waals surface area contributed by atoms with Gasteiger partial charge in [0.1, 0.15) is 0 Å². The first-order valence-electron chi connectivity index (χ1n) is 6.50. The van der Waals surface area contributed by atoms with Gasteiger partial charge >= 0.3 is 5.76 Å². The third-order valence-corrected chi connectivity index (χ3v) is 3.49. The number of hydrogen-bond acceptors (Lipinski definition) is 3. The maximum Gasteiger partial charge on any atom is 0.419 e. The van der Waals surface area contributed by atoms with E-state index in [0.717, 1.165) is 5.69 Å². The van der Waals surface area contributed by atoms with Gasteiger partial charge in [-0.05, 0) is 30.3 Å². The van der Waals surface area contributed by atoms with Crippen LogP contribution in [0, 0.1) is 0 Å². The smallest absolute Gasteiger partial charge is 0.408 e. The van der Waals surface area contributed by atoms with Crippen molar-refractivity contribution in [1.29, 1.82) is 0 Å². The lowest BCUT2D eigenvalue weighted by atomic mass is 10.1. The normalized spacial score (nSPS) is 10.8. The number of rotatable bonds is 2. The lowest BCUT2D eigenvalue weighted by Crippen LogP contribution is -2.26. The first kappa shape index (κ1) is 13.2. The van der Waals surface area contributed by atoms with Crippen LogP contribution >= 0.6 is 0 Å². The van der Waals surface area contributed by atoms with Crippen molar-refractivity contribution in [3.05, 3.63) is 64.6 Å². The molecule has 5 nitrogen and oxygen atoms in total. The summed E-state index contributed by atoms with van der Waals surface area (Å²) in [4.78, 5) is 25.5. The van der Waals surface area contributed by atoms with Crippen LogP contribution in [0.3, 0.4) is 0 Å². The fourth-order valence-electron chi connectivity index (χ4n) is 2.23. The molecule has 21 heavy (non-hydrogen) atoms. The van der Waals surface area contributed by atoms with Gasteiger partial charge < -0.3 is 9.32 Å². The number of nitrogens with zero attached hydrogens (tertiary/aromatic N) is 2. The summed E-state index contributed by atoms with van der Waals surface area (Å²) in [6, 6.07) is 14.4. The zero-order chi connectivity index (χ0) is 15.0. The molecule has 0 spiro atoms. The molecule has 0 aliphatic rings. The SMILES string of the molecule is CN(C(=O)c1ccc2c(c1)oc(=O)n2C)c1ccccc1. The quantitative estimate of drug-likeness (QED) is 0.725. The first-order chi connectivity index (χ1) is 10.1. The molecule has 1 amide bonds. The molecule has 0 radical (unpaired) electrons. The molecule has 5 heteroatoms. The van der Waals surface area contributed by atoms with Gasteiger partial charge in [0.25, 0.3) is 5.91 Å². The van der Waals surface area contributed by atoms with Crippen molar-refractivity contribution < 1.29 is 9.21 Å². The van der Waals surface area contributed by atoms with Gasteiger partial charge in [-0.2, -0.15) is 0 Å². The number of hydrogen-bond donors (Lipinski definition) is 0. The highest BCUT2D eigenvalue weighted by molar-refractivity contribution is 6.07. The second kappa shape index (κ2) is 4.94. The molecule has 2 aromatic carbocycles. The molecule has 0 saturated heterocycles. The number of carbonyl (C=O) groups is 1. The van der Waals surface area contributed by atoms with Gasteiger partial charge in [-0.25, -0.2) is 4.79 Å². The lowest BCUT2D eigenvalue weighted by molar-refractivity contribution is 0.0993. The third-order valence-electron chi connectivity index (χ3n) is 3.49. The number of anilines is 1. The van der Waals surface area contributed by atoms with E-state index in [1.54, 1.807) is 37.2 Å². The summed E-state index contributed by atoms with van der Waals surface area (Å²) in [5.74, 6) is -0.597. The first-order valence-corrected chi connectivity index (χ1v) is 6.50. The molecule has 3 aromatic rings. The van der Waals surface area contributed by atoms with Gasteiger partial charge in [-0.1, -0.05) is 18.2 Å². The second-order valence-electron chi connectivity index (χ2n) is 4.81. The Hall–Kier alpha value is -2.82. The topological polar surface area (TPSA) is 55.5 Å². The van der Waals surface area contributed by atoms with Crippen LogP contribution in [0.4, 0.5) is 5.69 Å². The van der Waals surface area contributed by atoms with Crippen molar-refractivity contribution in [2.24, 2.45) is 7.05 Å². The monoisotopic (exact) mass is 282 g/mol.